The van der Waals surface area contributed by atoms with Gasteiger partial charge in [0.1, 0.15) is 5.75 Å². The molecule has 0 atom stereocenters. The summed E-state index contributed by atoms with van der Waals surface area (Å²) in [6, 6.07) is 15.0. The highest BCUT2D eigenvalue weighted by molar-refractivity contribution is 6.17. The van der Waals surface area contributed by atoms with Crippen LogP contribution < -0.4 is 4.74 Å². The van der Waals surface area contributed by atoms with Gasteiger partial charge in [0.05, 0.1) is 12.7 Å². The Bertz CT molecular complexity index is 1180. The van der Waals surface area contributed by atoms with Gasteiger partial charge in [-0.15, -0.1) is 0 Å². The van der Waals surface area contributed by atoms with Crippen LogP contribution in [-0.4, -0.2) is 61.2 Å². The molecule has 0 radical (unpaired) electrons. The van der Waals surface area contributed by atoms with E-state index in [2.05, 4.69) is 10.1 Å². The Kier molecular flexibility index (Phi) is 7.50. The third-order valence-corrected chi connectivity index (χ3v) is 4.59. The molecule has 1 heterocycles. The van der Waals surface area contributed by atoms with E-state index in [1.807, 2.05) is 76.4 Å². The van der Waals surface area contributed by atoms with E-state index in [1.165, 1.54) is 7.11 Å². The van der Waals surface area contributed by atoms with Crippen LogP contribution in [0.5, 0.6) is 5.75 Å². The van der Waals surface area contributed by atoms with Gasteiger partial charge in [0, 0.05) is 51.7 Å². The number of carbonyl (C=O) groups excluding carboxylic acids is 1. The molecule has 0 bridgehead atoms. The van der Waals surface area contributed by atoms with E-state index in [1.54, 1.807) is 29.4 Å². The quantitative estimate of drug-likeness (QED) is 0.290. The van der Waals surface area contributed by atoms with Gasteiger partial charge in [-0.1, -0.05) is 47.6 Å². The molecule has 0 aliphatic carbocycles. The molecular weight excluding hydrogens is 420 g/mol. The maximum Gasteiger partial charge on any atom is 0.340 e. The SMILES string of the molecule is COC(=O)/C(=C/N(C)C)c1ccccc1O/C(=C\N(C)C)c1nc(-c2ccccc2C)no1. The lowest BCUT2D eigenvalue weighted by Crippen LogP contribution is -2.12. The number of hydrogen-bond acceptors (Lipinski definition) is 8. The second-order valence-electron chi connectivity index (χ2n) is 7.79. The first-order valence-electron chi connectivity index (χ1n) is 10.3. The average Bonchev–Trinajstić information content (AvgIpc) is 3.27. The Hall–Kier alpha value is -4.07. The van der Waals surface area contributed by atoms with Crippen molar-refractivity contribution in [3.8, 4) is 17.1 Å². The highest BCUT2D eigenvalue weighted by Gasteiger charge is 2.21. The molecule has 3 aromatic rings. The second-order valence-corrected chi connectivity index (χ2v) is 7.79. The first-order valence-corrected chi connectivity index (χ1v) is 10.3. The molecule has 33 heavy (non-hydrogen) atoms. The van der Waals surface area contributed by atoms with E-state index in [-0.39, 0.29) is 5.89 Å². The Morgan fingerprint density at radius 3 is 2.30 bits per heavy atom. The van der Waals surface area contributed by atoms with Gasteiger partial charge in [0.15, 0.2) is 0 Å². The van der Waals surface area contributed by atoms with Crippen LogP contribution in [0.25, 0.3) is 22.7 Å². The summed E-state index contributed by atoms with van der Waals surface area (Å²) in [7, 11) is 8.72. The number of ether oxygens (including phenoxy) is 2. The number of aromatic nitrogens is 2. The molecule has 8 nitrogen and oxygen atoms in total. The van der Waals surface area contributed by atoms with Crippen LogP contribution in [0.2, 0.25) is 0 Å². The van der Waals surface area contributed by atoms with Gasteiger partial charge in [0.2, 0.25) is 11.6 Å². The van der Waals surface area contributed by atoms with E-state index < -0.39 is 5.97 Å². The van der Waals surface area contributed by atoms with Gasteiger partial charge < -0.3 is 23.8 Å². The molecule has 0 aliphatic rings. The molecule has 0 fully saturated rings. The summed E-state index contributed by atoms with van der Waals surface area (Å²) in [4.78, 5) is 20.6. The van der Waals surface area contributed by atoms with Gasteiger partial charge in [-0.2, -0.15) is 4.98 Å². The predicted molar refractivity (Wildman–Crippen MR) is 127 cm³/mol. The van der Waals surface area contributed by atoms with Crippen molar-refractivity contribution in [3.05, 3.63) is 77.9 Å². The van der Waals surface area contributed by atoms with Crippen molar-refractivity contribution in [3.63, 3.8) is 0 Å². The summed E-state index contributed by atoms with van der Waals surface area (Å²) in [5, 5.41) is 4.14. The fourth-order valence-corrected chi connectivity index (χ4v) is 3.11. The van der Waals surface area contributed by atoms with Crippen molar-refractivity contribution in [2.24, 2.45) is 0 Å². The smallest absolute Gasteiger partial charge is 0.340 e. The van der Waals surface area contributed by atoms with Crippen LogP contribution in [0.15, 0.2) is 65.5 Å². The summed E-state index contributed by atoms with van der Waals surface area (Å²) >= 11 is 0. The summed E-state index contributed by atoms with van der Waals surface area (Å²) in [5.41, 5.74) is 2.83. The van der Waals surface area contributed by atoms with Crippen molar-refractivity contribution in [2.45, 2.75) is 6.92 Å². The fraction of sp³-hybridized carbons (Fsp3) is 0.240. The van der Waals surface area contributed by atoms with Crippen LogP contribution in [0.1, 0.15) is 17.0 Å². The van der Waals surface area contributed by atoms with E-state index in [4.69, 9.17) is 14.0 Å². The van der Waals surface area contributed by atoms with Gasteiger partial charge in [0.25, 0.3) is 5.89 Å². The lowest BCUT2D eigenvalue weighted by Gasteiger charge is -2.16. The van der Waals surface area contributed by atoms with Crippen molar-refractivity contribution >= 4 is 17.3 Å². The maximum atomic E-state index is 12.5. The Morgan fingerprint density at radius 1 is 0.970 bits per heavy atom. The molecule has 0 amide bonds. The Balaban J connectivity index is 2.03. The second kappa shape index (κ2) is 10.5. The molecule has 0 saturated heterocycles. The lowest BCUT2D eigenvalue weighted by atomic mass is 10.1. The number of esters is 1. The monoisotopic (exact) mass is 448 g/mol. The molecule has 0 aliphatic heterocycles. The van der Waals surface area contributed by atoms with E-state index in [0.29, 0.717) is 28.5 Å². The number of methoxy groups -OCH3 is 1. The molecule has 0 saturated carbocycles. The topological polar surface area (TPSA) is 80.9 Å². The van der Waals surface area contributed by atoms with Gasteiger partial charge in [-0.3, -0.25) is 0 Å². The minimum Gasteiger partial charge on any atom is -0.465 e. The molecule has 0 spiro atoms. The van der Waals surface area contributed by atoms with Crippen LogP contribution >= 0.6 is 0 Å². The number of carbonyl (C=O) groups is 1. The first kappa shape index (κ1) is 23.6. The molecule has 8 heteroatoms. The van der Waals surface area contributed by atoms with Gasteiger partial charge in [-0.25, -0.2) is 4.79 Å². The highest BCUT2D eigenvalue weighted by Crippen LogP contribution is 2.31. The molecule has 0 N–H and O–H groups in total. The summed E-state index contributed by atoms with van der Waals surface area (Å²) < 4.78 is 16.8. The Labute approximate surface area is 193 Å². The lowest BCUT2D eigenvalue weighted by molar-refractivity contribution is -0.133. The number of nitrogens with zero attached hydrogens (tertiary/aromatic N) is 4. The molecule has 172 valence electrons. The van der Waals surface area contributed by atoms with Crippen molar-refractivity contribution < 1.29 is 18.8 Å². The summed E-state index contributed by atoms with van der Waals surface area (Å²) in [6.07, 6.45) is 3.42. The van der Waals surface area contributed by atoms with Crippen LogP contribution in [0.3, 0.4) is 0 Å². The number of benzene rings is 2. The molecular formula is C25H28N4O4. The number of aryl methyl sites for hydroxylation is 1. The Morgan fingerprint density at radius 2 is 1.64 bits per heavy atom. The van der Waals surface area contributed by atoms with Crippen LogP contribution in [-0.2, 0) is 9.53 Å². The maximum absolute atomic E-state index is 12.5. The van der Waals surface area contributed by atoms with E-state index >= 15 is 0 Å². The van der Waals surface area contributed by atoms with E-state index in [9.17, 15) is 4.79 Å². The average molecular weight is 449 g/mol. The minimum absolute atomic E-state index is 0.216. The van der Waals surface area contributed by atoms with Crippen molar-refractivity contribution in [2.75, 3.05) is 35.3 Å². The fourth-order valence-electron chi connectivity index (χ4n) is 3.11. The van der Waals surface area contributed by atoms with Crippen molar-refractivity contribution in [1.82, 2.24) is 19.9 Å². The molecule has 1 aromatic heterocycles. The zero-order valence-electron chi connectivity index (χ0n) is 19.7. The van der Waals surface area contributed by atoms with Gasteiger partial charge in [-0.05, 0) is 18.6 Å². The van der Waals surface area contributed by atoms with Crippen molar-refractivity contribution in [1.29, 1.82) is 0 Å². The summed E-state index contributed by atoms with van der Waals surface area (Å²) in [5.74, 6) is 0.992. The van der Waals surface area contributed by atoms with Crippen LogP contribution in [0, 0.1) is 6.92 Å². The van der Waals surface area contributed by atoms with Crippen LogP contribution in [0.4, 0.5) is 0 Å². The van der Waals surface area contributed by atoms with E-state index in [0.717, 1.165) is 11.1 Å². The zero-order valence-corrected chi connectivity index (χ0v) is 19.7. The molecule has 3 rings (SSSR count). The number of para-hydroxylation sites is 1. The third-order valence-electron chi connectivity index (χ3n) is 4.59. The standard InChI is InChI=1S/C25H28N4O4/c1-17-11-7-8-12-18(17)23-26-24(33-27-23)22(16-29(4)5)32-21-14-10-9-13-19(21)20(15-28(2)3)25(30)31-6/h7-16H,1-6H3/b20-15+,22-16-. The zero-order chi connectivity index (χ0) is 24.0. The van der Waals surface area contributed by atoms with Gasteiger partial charge >= 0.3 is 5.97 Å². The minimum atomic E-state index is -0.475. The summed E-state index contributed by atoms with van der Waals surface area (Å²) in [6.45, 7) is 1.99. The highest BCUT2D eigenvalue weighted by atomic mass is 16.5. The molecule has 2 aromatic carbocycles. The number of rotatable bonds is 8. The molecule has 0 unspecified atom stereocenters. The third kappa shape index (κ3) is 5.79. The predicted octanol–water partition coefficient (Wildman–Crippen LogP) is 4.06. The first-order chi connectivity index (χ1) is 15.8. The largest absolute Gasteiger partial charge is 0.465 e. The normalized spacial score (nSPS) is 11.8. The number of hydrogen-bond donors (Lipinski definition) is 0.